The first kappa shape index (κ1) is 33.3. The molecule has 3 aromatic rings. The normalized spacial score (nSPS) is 13.7. The Hall–Kier alpha value is -5.24. The lowest BCUT2D eigenvalue weighted by Gasteiger charge is -2.25. The summed E-state index contributed by atoms with van der Waals surface area (Å²) in [5, 5.41) is 35.8. The number of nitrogens with two attached hydrogens (primary N) is 1. The van der Waals surface area contributed by atoms with E-state index in [2.05, 4.69) is 20.9 Å². The van der Waals surface area contributed by atoms with Gasteiger partial charge in [0.2, 0.25) is 17.7 Å². The summed E-state index contributed by atoms with van der Waals surface area (Å²) in [5.74, 6) is -6.44. The molecule has 4 atom stereocenters. The first-order valence-corrected chi connectivity index (χ1v) is 13.9. The van der Waals surface area contributed by atoms with Crippen LogP contribution < -0.4 is 21.7 Å². The predicted octanol–water partition coefficient (Wildman–Crippen LogP) is 0.549. The fraction of sp³-hybridized carbons (Fsp3) is 0.333. The Balaban J connectivity index is 1.83. The molecule has 1 aromatic heterocycles. The summed E-state index contributed by atoms with van der Waals surface area (Å²) >= 11 is 0. The highest BCUT2D eigenvalue weighted by Crippen LogP contribution is 2.19. The lowest BCUT2D eigenvalue weighted by atomic mass is 10.0. The van der Waals surface area contributed by atoms with Crippen LogP contribution in [0.2, 0.25) is 0 Å². The summed E-state index contributed by atoms with van der Waals surface area (Å²) in [6.07, 6.45) is -0.0600. The van der Waals surface area contributed by atoms with Gasteiger partial charge in [-0.05, 0) is 36.5 Å². The zero-order chi connectivity index (χ0) is 32.2. The summed E-state index contributed by atoms with van der Waals surface area (Å²) in [5.41, 5.74) is 8.18. The molecule has 0 spiro atoms. The minimum atomic E-state index is -1.56. The van der Waals surface area contributed by atoms with Crippen LogP contribution in [-0.2, 0) is 41.6 Å². The number of carbonyl (C=O) groups is 6. The van der Waals surface area contributed by atoms with Crippen molar-refractivity contribution in [2.75, 3.05) is 0 Å². The van der Waals surface area contributed by atoms with E-state index >= 15 is 0 Å². The van der Waals surface area contributed by atoms with Crippen LogP contribution >= 0.6 is 0 Å². The fourth-order valence-electron chi connectivity index (χ4n) is 4.58. The van der Waals surface area contributed by atoms with E-state index in [1.54, 1.807) is 60.8 Å². The van der Waals surface area contributed by atoms with Gasteiger partial charge in [0.25, 0.3) is 0 Å². The van der Waals surface area contributed by atoms with Crippen molar-refractivity contribution in [1.29, 1.82) is 0 Å². The van der Waals surface area contributed by atoms with Gasteiger partial charge in [-0.25, -0.2) is 4.79 Å². The molecule has 234 valence electrons. The smallest absolute Gasteiger partial charge is 0.326 e. The number of hydrogen-bond donors (Lipinski definition) is 8. The predicted molar refractivity (Wildman–Crippen MR) is 157 cm³/mol. The van der Waals surface area contributed by atoms with Gasteiger partial charge < -0.3 is 42.0 Å². The molecule has 0 aliphatic rings. The molecule has 1 heterocycles. The highest BCUT2D eigenvalue weighted by Gasteiger charge is 2.31. The molecule has 0 fully saturated rings. The van der Waals surface area contributed by atoms with Crippen LogP contribution in [0.5, 0.6) is 0 Å². The number of aliphatic carboxylic acids is 3. The van der Waals surface area contributed by atoms with E-state index in [4.69, 9.17) is 10.8 Å². The van der Waals surface area contributed by atoms with Gasteiger partial charge in [-0.2, -0.15) is 0 Å². The van der Waals surface area contributed by atoms with Gasteiger partial charge >= 0.3 is 17.9 Å². The summed E-state index contributed by atoms with van der Waals surface area (Å²) in [6, 6.07) is 10.7. The third kappa shape index (κ3) is 9.94. The second-order valence-corrected chi connectivity index (χ2v) is 10.2. The number of fused-ring (bicyclic) bond motifs is 1. The number of carboxylic acid groups (broad SMARTS) is 3. The van der Waals surface area contributed by atoms with Gasteiger partial charge in [-0.1, -0.05) is 48.5 Å². The molecule has 0 bridgehead atoms. The maximum absolute atomic E-state index is 13.5. The highest BCUT2D eigenvalue weighted by atomic mass is 16.4. The van der Waals surface area contributed by atoms with E-state index in [1.807, 2.05) is 0 Å². The van der Waals surface area contributed by atoms with Crippen LogP contribution in [0.4, 0.5) is 0 Å². The first-order valence-electron chi connectivity index (χ1n) is 13.9. The minimum Gasteiger partial charge on any atom is -0.481 e. The number of carbonyl (C=O) groups excluding carboxylic acids is 3. The first-order chi connectivity index (χ1) is 20.9. The summed E-state index contributed by atoms with van der Waals surface area (Å²) in [7, 11) is 0. The second kappa shape index (κ2) is 15.8. The maximum atomic E-state index is 13.5. The Labute approximate surface area is 252 Å². The van der Waals surface area contributed by atoms with Crippen molar-refractivity contribution in [3.63, 3.8) is 0 Å². The Morgan fingerprint density at radius 1 is 0.682 bits per heavy atom. The number of nitrogens with one attached hydrogen (secondary N) is 4. The number of carboxylic acids is 3. The number of rotatable bonds is 17. The van der Waals surface area contributed by atoms with Crippen molar-refractivity contribution < 1.29 is 44.1 Å². The lowest BCUT2D eigenvalue weighted by Crippen LogP contribution is -2.57. The van der Waals surface area contributed by atoms with Gasteiger partial charge in [0, 0.05) is 36.4 Å². The molecule has 0 radical (unpaired) electrons. The van der Waals surface area contributed by atoms with E-state index in [9.17, 15) is 39.0 Å². The third-order valence-corrected chi connectivity index (χ3v) is 6.91. The average Bonchev–Trinajstić information content (AvgIpc) is 3.39. The van der Waals surface area contributed by atoms with Crippen molar-refractivity contribution in [2.45, 2.75) is 62.7 Å². The number of para-hydroxylation sites is 1. The molecule has 0 aliphatic heterocycles. The largest absolute Gasteiger partial charge is 0.481 e. The topological polar surface area (TPSA) is 241 Å². The number of hydrogen-bond acceptors (Lipinski definition) is 7. The molecule has 0 saturated heterocycles. The van der Waals surface area contributed by atoms with Crippen molar-refractivity contribution in [3.8, 4) is 0 Å². The average molecular weight is 610 g/mol. The Morgan fingerprint density at radius 2 is 1.23 bits per heavy atom. The molecule has 3 amide bonds. The molecule has 0 aliphatic carbocycles. The highest BCUT2D eigenvalue weighted by molar-refractivity contribution is 5.95. The third-order valence-electron chi connectivity index (χ3n) is 6.91. The lowest BCUT2D eigenvalue weighted by molar-refractivity contribution is -0.143. The summed E-state index contributed by atoms with van der Waals surface area (Å²) in [6.45, 7) is 0. The van der Waals surface area contributed by atoms with E-state index < -0.39 is 79.1 Å². The zero-order valence-corrected chi connectivity index (χ0v) is 23.7. The van der Waals surface area contributed by atoms with Gasteiger partial charge in [0.1, 0.15) is 18.1 Å². The fourth-order valence-corrected chi connectivity index (χ4v) is 4.58. The molecule has 4 unspecified atom stereocenters. The number of aromatic amines is 1. The second-order valence-electron chi connectivity index (χ2n) is 10.2. The standard InChI is InChI=1S/C30H35N5O9/c31-20(14-17-6-2-1-3-7-17)27(40)33-22(10-12-25(36)37)28(41)35-24(15-18-16-32-21-9-5-4-8-19(18)21)29(42)34-23(30(43)44)11-13-26(38)39/h1-9,16,20,22-24,32H,10-15,31H2,(H,33,40)(H,34,42)(H,35,41)(H,36,37)(H,38,39)(H,43,44). The van der Waals surface area contributed by atoms with Crippen LogP contribution in [-0.4, -0.2) is 80.1 Å². The SMILES string of the molecule is NC(Cc1ccccc1)C(=O)NC(CCC(=O)O)C(=O)NC(Cc1c[nH]c2ccccc12)C(=O)NC(CCC(=O)O)C(=O)O. The molecule has 9 N–H and O–H groups in total. The van der Waals surface area contributed by atoms with Crippen molar-refractivity contribution in [3.05, 3.63) is 71.9 Å². The number of benzene rings is 2. The van der Waals surface area contributed by atoms with Crippen LogP contribution in [0.25, 0.3) is 10.9 Å². The van der Waals surface area contributed by atoms with Gasteiger partial charge in [-0.3, -0.25) is 24.0 Å². The zero-order valence-electron chi connectivity index (χ0n) is 23.7. The Morgan fingerprint density at radius 3 is 1.86 bits per heavy atom. The van der Waals surface area contributed by atoms with E-state index in [0.29, 0.717) is 5.56 Å². The van der Waals surface area contributed by atoms with Crippen molar-refractivity contribution in [2.24, 2.45) is 5.73 Å². The molecular formula is C30H35N5O9. The van der Waals surface area contributed by atoms with Crippen LogP contribution in [0.1, 0.15) is 36.8 Å². The number of H-pyrrole nitrogens is 1. The maximum Gasteiger partial charge on any atom is 0.326 e. The van der Waals surface area contributed by atoms with Gasteiger partial charge in [-0.15, -0.1) is 0 Å². The molecular weight excluding hydrogens is 574 g/mol. The Kier molecular flexibility index (Phi) is 12.0. The number of aromatic nitrogens is 1. The van der Waals surface area contributed by atoms with Crippen LogP contribution in [0.15, 0.2) is 60.8 Å². The van der Waals surface area contributed by atoms with Crippen LogP contribution in [0.3, 0.4) is 0 Å². The summed E-state index contributed by atoms with van der Waals surface area (Å²) < 4.78 is 0. The molecule has 14 heteroatoms. The molecule has 44 heavy (non-hydrogen) atoms. The van der Waals surface area contributed by atoms with E-state index in [0.717, 1.165) is 16.5 Å². The molecule has 2 aromatic carbocycles. The van der Waals surface area contributed by atoms with Gasteiger partial charge in [0.05, 0.1) is 6.04 Å². The quantitative estimate of drug-likeness (QED) is 0.106. The monoisotopic (exact) mass is 609 g/mol. The van der Waals surface area contributed by atoms with E-state index in [1.165, 1.54) is 0 Å². The van der Waals surface area contributed by atoms with Gasteiger partial charge in [0.15, 0.2) is 0 Å². The number of amides is 3. The summed E-state index contributed by atoms with van der Waals surface area (Å²) in [4.78, 5) is 76.9. The molecule has 14 nitrogen and oxygen atoms in total. The van der Waals surface area contributed by atoms with E-state index in [-0.39, 0.29) is 19.3 Å². The Bertz CT molecular complexity index is 1490. The minimum absolute atomic E-state index is 0.111. The molecule has 0 saturated carbocycles. The van der Waals surface area contributed by atoms with Crippen molar-refractivity contribution in [1.82, 2.24) is 20.9 Å². The molecule has 3 rings (SSSR count). The van der Waals surface area contributed by atoms with Crippen molar-refractivity contribution >= 4 is 46.5 Å². The van der Waals surface area contributed by atoms with Crippen LogP contribution in [0, 0.1) is 0 Å².